The lowest BCUT2D eigenvalue weighted by Crippen LogP contribution is -2.27. The van der Waals surface area contributed by atoms with Crippen molar-refractivity contribution >= 4 is 16.9 Å². The van der Waals surface area contributed by atoms with Gasteiger partial charge >= 0.3 is 0 Å². The second-order valence-electron chi connectivity index (χ2n) is 4.00. The first kappa shape index (κ1) is 11.4. The molecule has 0 aliphatic carbocycles. The normalized spacial score (nSPS) is 12.5. The monoisotopic (exact) mass is 257 g/mol. The third kappa shape index (κ3) is 1.85. The number of hydrogen-bond donors (Lipinski definition) is 2. The molecule has 7 nitrogen and oxygen atoms in total. The van der Waals surface area contributed by atoms with Crippen molar-refractivity contribution in [3.05, 3.63) is 41.9 Å². The van der Waals surface area contributed by atoms with E-state index in [0.717, 1.165) is 16.5 Å². The van der Waals surface area contributed by atoms with Gasteiger partial charge in [0.2, 0.25) is 5.91 Å². The van der Waals surface area contributed by atoms with Gasteiger partial charge in [0.1, 0.15) is 11.5 Å². The van der Waals surface area contributed by atoms with Crippen LogP contribution in [0.15, 0.2) is 34.9 Å². The van der Waals surface area contributed by atoms with Gasteiger partial charge in [-0.1, -0.05) is 23.4 Å². The number of likely N-dealkylation sites (N-methyl/N-ethyl adjacent to an activating group) is 1. The fraction of sp³-hybridized carbons (Fsp3) is 0.167. The number of nitrogens with one attached hydrogen (secondary N) is 2. The number of aromatic nitrogens is 4. The van der Waals surface area contributed by atoms with Gasteiger partial charge in [-0.3, -0.25) is 4.79 Å². The number of rotatable bonds is 3. The predicted octanol–water partition coefficient (Wildman–Crippen LogP) is 0.824. The maximum atomic E-state index is 12.1. The Hall–Kier alpha value is -2.70. The molecular formula is C12H11N5O2. The maximum absolute atomic E-state index is 12.1. The summed E-state index contributed by atoms with van der Waals surface area (Å²) in [4.78, 5) is 12.1. The number of nitrogens with zero attached hydrogens (tertiary/aromatic N) is 3. The van der Waals surface area contributed by atoms with Crippen molar-refractivity contribution in [2.75, 3.05) is 7.05 Å². The lowest BCUT2D eigenvalue weighted by Gasteiger charge is -2.09. The van der Waals surface area contributed by atoms with E-state index in [0.29, 0.717) is 5.82 Å². The van der Waals surface area contributed by atoms with Crippen molar-refractivity contribution in [1.82, 2.24) is 25.9 Å². The third-order valence-electron chi connectivity index (χ3n) is 2.95. The molecule has 0 fully saturated rings. The average molecular weight is 257 g/mol. The highest BCUT2D eigenvalue weighted by Crippen LogP contribution is 2.30. The first-order valence-corrected chi connectivity index (χ1v) is 5.72. The van der Waals surface area contributed by atoms with Crippen molar-refractivity contribution in [2.45, 2.75) is 5.92 Å². The van der Waals surface area contributed by atoms with Gasteiger partial charge < -0.3 is 9.73 Å². The van der Waals surface area contributed by atoms with E-state index in [9.17, 15) is 4.79 Å². The molecule has 0 saturated heterocycles. The maximum Gasteiger partial charge on any atom is 0.235 e. The van der Waals surface area contributed by atoms with E-state index < -0.39 is 5.92 Å². The number of tetrazole rings is 1. The first-order chi connectivity index (χ1) is 9.31. The van der Waals surface area contributed by atoms with Crippen LogP contribution in [0.2, 0.25) is 0 Å². The van der Waals surface area contributed by atoms with Gasteiger partial charge in [-0.2, -0.15) is 5.21 Å². The van der Waals surface area contributed by atoms with Crippen LogP contribution in [0.25, 0.3) is 11.0 Å². The molecule has 0 bridgehead atoms. The first-order valence-electron chi connectivity index (χ1n) is 5.72. The summed E-state index contributed by atoms with van der Waals surface area (Å²) >= 11 is 0. The molecule has 2 aromatic heterocycles. The van der Waals surface area contributed by atoms with E-state index >= 15 is 0 Å². The van der Waals surface area contributed by atoms with Crippen molar-refractivity contribution in [2.24, 2.45) is 0 Å². The van der Waals surface area contributed by atoms with Crippen LogP contribution < -0.4 is 5.32 Å². The zero-order valence-corrected chi connectivity index (χ0v) is 10.1. The number of fused-ring (bicyclic) bond motifs is 1. The molecule has 1 aromatic carbocycles. The van der Waals surface area contributed by atoms with E-state index in [2.05, 4.69) is 25.9 Å². The van der Waals surface area contributed by atoms with Gasteiger partial charge in [0, 0.05) is 18.0 Å². The van der Waals surface area contributed by atoms with E-state index in [1.54, 1.807) is 13.3 Å². The van der Waals surface area contributed by atoms with Crippen LogP contribution in [0.4, 0.5) is 0 Å². The second kappa shape index (κ2) is 4.52. The van der Waals surface area contributed by atoms with Crippen LogP contribution in [-0.4, -0.2) is 33.6 Å². The minimum Gasteiger partial charge on any atom is -0.464 e. The molecule has 0 aliphatic rings. The standard InChI is InChI=1S/C12H11N5O2/c1-13-12(18)10(11-14-16-17-15-11)8-6-19-9-5-3-2-4-7(8)9/h2-6,10H,1H3,(H,13,18)(H,14,15,16,17). The molecule has 1 unspecified atom stereocenters. The third-order valence-corrected chi connectivity index (χ3v) is 2.95. The number of carbonyl (C=O) groups is 1. The number of benzene rings is 1. The minimum atomic E-state index is -0.646. The summed E-state index contributed by atoms with van der Waals surface area (Å²) in [5.41, 5.74) is 1.44. The summed E-state index contributed by atoms with van der Waals surface area (Å²) in [6, 6.07) is 7.50. The molecular weight excluding hydrogens is 246 g/mol. The smallest absolute Gasteiger partial charge is 0.235 e. The van der Waals surface area contributed by atoms with Gasteiger partial charge in [0.25, 0.3) is 0 Å². The van der Waals surface area contributed by atoms with E-state index in [1.807, 2.05) is 24.3 Å². The molecule has 0 saturated carbocycles. The van der Waals surface area contributed by atoms with E-state index in [1.165, 1.54) is 0 Å². The van der Waals surface area contributed by atoms with Gasteiger partial charge in [-0.05, 0) is 6.07 Å². The Kier molecular flexibility index (Phi) is 2.71. The predicted molar refractivity (Wildman–Crippen MR) is 66.3 cm³/mol. The lowest BCUT2D eigenvalue weighted by atomic mass is 9.97. The van der Waals surface area contributed by atoms with Gasteiger partial charge in [0.05, 0.1) is 6.26 Å². The molecule has 7 heteroatoms. The van der Waals surface area contributed by atoms with Crippen LogP contribution in [0, 0.1) is 0 Å². The topological polar surface area (TPSA) is 96.7 Å². The van der Waals surface area contributed by atoms with Gasteiger partial charge in [-0.15, -0.1) is 10.2 Å². The Morgan fingerprint density at radius 3 is 3.00 bits per heavy atom. The summed E-state index contributed by atoms with van der Waals surface area (Å²) < 4.78 is 5.46. The molecule has 1 amide bonds. The lowest BCUT2D eigenvalue weighted by molar-refractivity contribution is -0.121. The average Bonchev–Trinajstić information content (AvgIpc) is 3.09. The quantitative estimate of drug-likeness (QED) is 0.724. The highest BCUT2D eigenvalue weighted by Gasteiger charge is 2.29. The Morgan fingerprint density at radius 2 is 2.26 bits per heavy atom. The SMILES string of the molecule is CNC(=O)C(c1nn[nH]n1)c1coc2ccccc12. The van der Waals surface area contributed by atoms with Gasteiger partial charge in [0.15, 0.2) is 5.82 Å². The van der Waals surface area contributed by atoms with Gasteiger partial charge in [-0.25, -0.2) is 0 Å². The molecule has 2 heterocycles. The van der Waals surface area contributed by atoms with Crippen molar-refractivity contribution in [3.8, 4) is 0 Å². The fourth-order valence-electron chi connectivity index (χ4n) is 2.06. The van der Waals surface area contributed by atoms with E-state index in [-0.39, 0.29) is 5.91 Å². The van der Waals surface area contributed by atoms with Crippen LogP contribution in [0.3, 0.4) is 0 Å². The summed E-state index contributed by atoms with van der Waals surface area (Å²) in [6.07, 6.45) is 1.56. The zero-order valence-electron chi connectivity index (χ0n) is 10.1. The molecule has 0 aliphatic heterocycles. The Labute approximate surface area is 108 Å². The number of H-pyrrole nitrogens is 1. The highest BCUT2D eigenvalue weighted by atomic mass is 16.3. The Morgan fingerprint density at radius 1 is 1.42 bits per heavy atom. The summed E-state index contributed by atoms with van der Waals surface area (Å²) in [7, 11) is 1.57. The molecule has 2 N–H and O–H groups in total. The number of furan rings is 1. The zero-order chi connectivity index (χ0) is 13.2. The Bertz CT molecular complexity index is 704. The van der Waals surface area contributed by atoms with Crippen molar-refractivity contribution < 1.29 is 9.21 Å². The molecule has 0 radical (unpaired) electrons. The number of aromatic amines is 1. The van der Waals surface area contributed by atoms with Crippen LogP contribution >= 0.6 is 0 Å². The molecule has 0 spiro atoms. The molecule has 3 rings (SSSR count). The summed E-state index contributed by atoms with van der Waals surface area (Å²) in [5.74, 6) is -0.550. The number of para-hydroxylation sites is 1. The summed E-state index contributed by atoms with van der Waals surface area (Å²) in [6.45, 7) is 0. The number of hydrogen-bond acceptors (Lipinski definition) is 5. The largest absolute Gasteiger partial charge is 0.464 e. The van der Waals surface area contributed by atoms with Crippen LogP contribution in [0.1, 0.15) is 17.3 Å². The molecule has 96 valence electrons. The van der Waals surface area contributed by atoms with Crippen LogP contribution in [0.5, 0.6) is 0 Å². The van der Waals surface area contributed by atoms with E-state index in [4.69, 9.17) is 4.42 Å². The molecule has 1 atom stereocenters. The van der Waals surface area contributed by atoms with Crippen molar-refractivity contribution in [3.63, 3.8) is 0 Å². The minimum absolute atomic E-state index is 0.215. The summed E-state index contributed by atoms with van der Waals surface area (Å²) in [5, 5.41) is 17.1. The Balaban J connectivity index is 2.17. The highest BCUT2D eigenvalue weighted by molar-refractivity contribution is 5.92. The van der Waals surface area contributed by atoms with Crippen LogP contribution in [-0.2, 0) is 4.79 Å². The van der Waals surface area contributed by atoms with Crippen molar-refractivity contribution in [1.29, 1.82) is 0 Å². The molecule has 3 aromatic rings. The number of amides is 1. The fourth-order valence-corrected chi connectivity index (χ4v) is 2.06. The molecule has 19 heavy (non-hydrogen) atoms. The number of carbonyl (C=O) groups excluding carboxylic acids is 1. The second-order valence-corrected chi connectivity index (χ2v) is 4.00.